The Morgan fingerprint density at radius 1 is 0.870 bits per heavy atom. The Hall–Kier alpha value is -1.88. The van der Waals surface area contributed by atoms with Crippen molar-refractivity contribution in [2.45, 2.75) is 119 Å². The van der Waals surface area contributed by atoms with E-state index in [1.165, 1.54) is 37.0 Å². The molecule has 1 unspecified atom stereocenters. The fourth-order valence-electron chi connectivity index (χ4n) is 10.4. The van der Waals surface area contributed by atoms with Crippen LogP contribution in [0.5, 0.6) is 11.5 Å². The lowest BCUT2D eigenvalue weighted by Gasteiger charge is -2.61. The zero-order valence-electron chi connectivity index (χ0n) is 28.4. The fourth-order valence-corrected chi connectivity index (χ4v) is 11.2. The van der Waals surface area contributed by atoms with Crippen molar-refractivity contribution in [2.24, 2.45) is 45.3 Å². The highest BCUT2D eigenvalue weighted by atomic mass is 32.3. The van der Waals surface area contributed by atoms with Crippen LogP contribution >= 0.6 is 0 Å². The number of hydrogen-bond donors (Lipinski definition) is 0. The molecule has 0 amide bonds. The van der Waals surface area contributed by atoms with Crippen molar-refractivity contribution in [1.82, 2.24) is 0 Å². The molecule has 1 aromatic carbocycles. The maximum Gasteiger partial charge on any atom is 0.262 e. The third-order valence-corrected chi connectivity index (χ3v) is 14.2. The average Bonchev–Trinajstić information content (AvgIpc) is 2.93. The van der Waals surface area contributed by atoms with E-state index in [4.69, 9.17) is 10.8 Å². The Bertz CT molecular complexity index is 1590. The van der Waals surface area contributed by atoms with Gasteiger partial charge in [-0.05, 0) is 134 Å². The van der Waals surface area contributed by atoms with Crippen LogP contribution in [0.15, 0.2) is 42.0 Å². The predicted molar refractivity (Wildman–Crippen MR) is 177 cm³/mol. The lowest BCUT2D eigenvalue weighted by atomic mass is 9.43. The molecule has 7 atom stereocenters. The smallest absolute Gasteiger partial charge is 0.262 e. The summed E-state index contributed by atoms with van der Waals surface area (Å²) in [7, 11) is -10.2. The normalized spacial score (nSPS) is 36.3. The minimum atomic E-state index is -5.11. The van der Waals surface area contributed by atoms with Gasteiger partial charge in [0.25, 0.3) is 20.8 Å². The lowest BCUT2D eigenvalue weighted by molar-refractivity contribution is -0.0731. The molecule has 0 bridgehead atoms. The van der Waals surface area contributed by atoms with E-state index in [1.807, 2.05) is 0 Å². The molecule has 0 heterocycles. The van der Waals surface area contributed by atoms with Crippen LogP contribution in [0.4, 0.5) is 0 Å². The molecule has 10 heteroatoms. The Labute approximate surface area is 277 Å². The molecule has 258 valence electrons. The summed E-state index contributed by atoms with van der Waals surface area (Å²) in [6.45, 7) is 19.0. The molecule has 4 aliphatic rings. The minimum absolute atomic E-state index is 0.0914. The van der Waals surface area contributed by atoms with Crippen LogP contribution in [0.1, 0.15) is 118 Å². The van der Waals surface area contributed by atoms with Crippen molar-refractivity contribution in [1.29, 1.82) is 0 Å². The second kappa shape index (κ2) is 12.2. The van der Waals surface area contributed by atoms with Crippen LogP contribution in [-0.4, -0.2) is 25.9 Å². The van der Waals surface area contributed by atoms with Gasteiger partial charge in [0.2, 0.25) is 0 Å². The van der Waals surface area contributed by atoms with E-state index < -0.39 is 20.8 Å². The highest BCUT2D eigenvalue weighted by molar-refractivity contribution is 7.81. The quantitative estimate of drug-likeness (QED) is 0.145. The third-order valence-electron chi connectivity index (χ3n) is 13.5. The Morgan fingerprint density at radius 3 is 2.24 bits per heavy atom. The van der Waals surface area contributed by atoms with E-state index in [9.17, 15) is 25.9 Å². The molecule has 1 aromatic rings. The Kier molecular flexibility index (Phi) is 9.41. The van der Waals surface area contributed by atoms with Gasteiger partial charge in [0, 0.05) is 5.56 Å². The molecule has 8 nitrogen and oxygen atoms in total. The van der Waals surface area contributed by atoms with Crippen molar-refractivity contribution in [3.05, 3.63) is 47.6 Å². The van der Waals surface area contributed by atoms with Crippen LogP contribution in [0.3, 0.4) is 0 Å². The van der Waals surface area contributed by atoms with Gasteiger partial charge in [-0.3, -0.25) is 0 Å². The second-order valence-corrected chi connectivity index (χ2v) is 18.2. The van der Waals surface area contributed by atoms with Crippen molar-refractivity contribution in [3.63, 3.8) is 0 Å². The van der Waals surface area contributed by atoms with Gasteiger partial charge in [0.15, 0.2) is 0 Å². The molecule has 0 aromatic heterocycles. The standard InChI is InChI=1S/C36H54O8S2/c1-24-13-15-29-30(11-9-18-33(29,4)5)34(24,6)20-21-36-19-17-25(2)35(7,32(36)12-8-10-26(36)3)23-27-22-28(43-45(37,38)39)14-16-31(27)44-46(40,41)42/h14-16,22,24-25,30,32H,3,8-13,17-21,23H2,1-2,4-7H3,(H,37,38,39)(H,40,41,42)/p-2/t24-,25+,30+,32-,34+,35+,36?/m0/s1. The van der Waals surface area contributed by atoms with E-state index in [-0.39, 0.29) is 45.0 Å². The van der Waals surface area contributed by atoms with Gasteiger partial charge in [-0.25, -0.2) is 16.8 Å². The summed E-state index contributed by atoms with van der Waals surface area (Å²) in [5.74, 6) is 1.20. The zero-order chi connectivity index (χ0) is 33.9. The largest absolute Gasteiger partial charge is 0.716 e. The minimum Gasteiger partial charge on any atom is -0.716 e. The molecule has 5 rings (SSSR count). The number of hydrogen-bond acceptors (Lipinski definition) is 8. The van der Waals surface area contributed by atoms with Crippen LogP contribution in [-0.2, 0) is 27.2 Å². The van der Waals surface area contributed by atoms with Gasteiger partial charge >= 0.3 is 0 Å². The van der Waals surface area contributed by atoms with Gasteiger partial charge in [-0.15, -0.1) is 0 Å². The summed E-state index contributed by atoms with van der Waals surface area (Å²) in [6.07, 6.45) is 14.9. The summed E-state index contributed by atoms with van der Waals surface area (Å²) >= 11 is 0. The highest BCUT2D eigenvalue weighted by Crippen LogP contribution is 2.66. The van der Waals surface area contributed by atoms with E-state index in [1.54, 1.807) is 5.57 Å². The first kappa shape index (κ1) is 35.4. The van der Waals surface area contributed by atoms with Gasteiger partial charge in [-0.2, -0.15) is 0 Å². The van der Waals surface area contributed by atoms with Crippen molar-refractivity contribution >= 4 is 20.8 Å². The second-order valence-electron chi connectivity index (χ2n) is 16.2. The predicted octanol–water partition coefficient (Wildman–Crippen LogP) is 8.27. The number of fused-ring (bicyclic) bond motifs is 2. The fraction of sp³-hybridized carbons (Fsp3) is 0.722. The molecule has 3 saturated carbocycles. The van der Waals surface area contributed by atoms with E-state index in [0.29, 0.717) is 23.8 Å². The molecule has 0 saturated heterocycles. The maximum absolute atomic E-state index is 11.7. The van der Waals surface area contributed by atoms with Gasteiger partial charge in [0.05, 0.1) is 0 Å². The first-order valence-electron chi connectivity index (χ1n) is 17.0. The number of allylic oxidation sites excluding steroid dienone is 3. The molecular formula is C36H52O8S2-2. The van der Waals surface area contributed by atoms with Crippen LogP contribution < -0.4 is 8.37 Å². The summed E-state index contributed by atoms with van der Waals surface area (Å²) in [5, 5.41) is 0. The first-order chi connectivity index (χ1) is 21.2. The zero-order valence-corrected chi connectivity index (χ0v) is 30.0. The van der Waals surface area contributed by atoms with E-state index in [0.717, 1.165) is 57.4 Å². The van der Waals surface area contributed by atoms with Crippen molar-refractivity contribution < 1.29 is 34.3 Å². The van der Waals surface area contributed by atoms with Gasteiger partial charge in [-0.1, -0.05) is 71.8 Å². The molecule has 46 heavy (non-hydrogen) atoms. The molecule has 0 radical (unpaired) electrons. The summed E-state index contributed by atoms with van der Waals surface area (Å²) < 4.78 is 78.7. The highest BCUT2D eigenvalue weighted by Gasteiger charge is 2.57. The van der Waals surface area contributed by atoms with Crippen LogP contribution in [0.25, 0.3) is 0 Å². The Morgan fingerprint density at radius 2 is 1.57 bits per heavy atom. The number of benzene rings is 1. The molecule has 0 spiro atoms. The Balaban J connectivity index is 1.51. The molecule has 0 N–H and O–H groups in total. The number of rotatable bonds is 9. The van der Waals surface area contributed by atoms with Gasteiger partial charge < -0.3 is 17.5 Å². The third kappa shape index (κ3) is 6.70. The summed E-state index contributed by atoms with van der Waals surface area (Å²) in [4.78, 5) is 0. The molecular weight excluding hydrogens is 625 g/mol. The van der Waals surface area contributed by atoms with Gasteiger partial charge in [0.1, 0.15) is 11.5 Å². The van der Waals surface area contributed by atoms with Crippen molar-refractivity contribution in [2.75, 3.05) is 0 Å². The van der Waals surface area contributed by atoms with E-state index >= 15 is 0 Å². The lowest BCUT2D eigenvalue weighted by Crippen LogP contribution is -2.53. The van der Waals surface area contributed by atoms with Crippen LogP contribution in [0, 0.1) is 45.3 Å². The molecule has 4 aliphatic carbocycles. The topological polar surface area (TPSA) is 133 Å². The summed E-state index contributed by atoms with van der Waals surface area (Å²) in [5.41, 5.74) is 3.25. The first-order valence-corrected chi connectivity index (χ1v) is 19.7. The SMILES string of the molecule is C=C1CCC[C@@H]2C1(CC[C@@]1(C)[C@@H]3CCCC(C)(C)C3=CC[C@@H]1C)CC[C@@H](C)[C@@]2(C)Cc1cc(OS(=O)(=O)[O-])ccc1OS(=O)(=O)[O-]. The molecule has 0 aliphatic heterocycles. The monoisotopic (exact) mass is 676 g/mol. The van der Waals surface area contributed by atoms with Crippen molar-refractivity contribution in [3.8, 4) is 11.5 Å². The van der Waals surface area contributed by atoms with Crippen LogP contribution in [0.2, 0.25) is 0 Å². The maximum atomic E-state index is 11.7. The van der Waals surface area contributed by atoms with E-state index in [2.05, 4.69) is 51.8 Å². The summed E-state index contributed by atoms with van der Waals surface area (Å²) in [6, 6.07) is 3.64. The average molecular weight is 677 g/mol. The molecule has 3 fully saturated rings.